The van der Waals surface area contributed by atoms with Gasteiger partial charge in [0.15, 0.2) is 0 Å². The maximum absolute atomic E-state index is 12.8. The topological polar surface area (TPSA) is 79.4 Å². The molecule has 0 spiro atoms. The molecule has 156 valence electrons. The average Bonchev–Trinajstić information content (AvgIpc) is 2.71. The van der Waals surface area contributed by atoms with Crippen molar-refractivity contribution in [2.45, 2.75) is 19.3 Å². The summed E-state index contributed by atoms with van der Waals surface area (Å²) in [5.41, 5.74) is 2.05. The Labute approximate surface area is 176 Å². The van der Waals surface area contributed by atoms with Gasteiger partial charge in [0.2, 0.25) is 5.95 Å². The number of carbonyl (C=O) groups excluding carboxylic acids is 1. The van der Waals surface area contributed by atoms with E-state index in [4.69, 9.17) is 16.3 Å². The van der Waals surface area contributed by atoms with Crippen LogP contribution in [0.3, 0.4) is 0 Å². The predicted molar refractivity (Wildman–Crippen MR) is 115 cm³/mol. The highest BCUT2D eigenvalue weighted by Crippen LogP contribution is 2.19. The average molecular weight is 418 g/mol. The molecule has 1 aliphatic rings. The van der Waals surface area contributed by atoms with Crippen molar-refractivity contribution in [1.82, 2.24) is 20.2 Å². The van der Waals surface area contributed by atoms with Crippen LogP contribution >= 0.6 is 11.6 Å². The first-order chi connectivity index (χ1) is 14.0. The van der Waals surface area contributed by atoms with Gasteiger partial charge < -0.3 is 20.3 Å². The van der Waals surface area contributed by atoms with E-state index in [0.29, 0.717) is 35.4 Å². The summed E-state index contributed by atoms with van der Waals surface area (Å²) in [5.74, 6) is 0.782. The summed E-state index contributed by atoms with van der Waals surface area (Å²) in [7, 11) is 3.99. The zero-order chi connectivity index (χ0) is 20.6. The van der Waals surface area contributed by atoms with E-state index in [9.17, 15) is 4.79 Å². The van der Waals surface area contributed by atoms with Crippen molar-refractivity contribution in [2.24, 2.45) is 5.92 Å². The van der Waals surface area contributed by atoms with Gasteiger partial charge in [-0.05, 0) is 51.1 Å². The molecule has 1 aromatic heterocycles. The molecule has 0 saturated carbocycles. The van der Waals surface area contributed by atoms with Crippen LogP contribution in [0.1, 0.15) is 28.9 Å². The van der Waals surface area contributed by atoms with E-state index in [1.807, 2.05) is 32.3 Å². The Morgan fingerprint density at radius 2 is 2.10 bits per heavy atom. The molecular weight excluding hydrogens is 390 g/mol. The lowest BCUT2D eigenvalue weighted by Gasteiger charge is -2.22. The van der Waals surface area contributed by atoms with Crippen LogP contribution in [0.4, 0.5) is 11.6 Å². The first-order valence-corrected chi connectivity index (χ1v) is 10.3. The Hall–Kier alpha value is -2.22. The summed E-state index contributed by atoms with van der Waals surface area (Å²) in [6.45, 7) is 2.97. The van der Waals surface area contributed by atoms with E-state index in [0.717, 1.165) is 44.0 Å². The van der Waals surface area contributed by atoms with E-state index in [-0.39, 0.29) is 5.91 Å². The second-order valence-electron chi connectivity index (χ2n) is 7.51. The van der Waals surface area contributed by atoms with Gasteiger partial charge in [0.25, 0.3) is 5.91 Å². The number of aromatic nitrogens is 2. The molecule has 2 aromatic rings. The molecule has 0 bridgehead atoms. The van der Waals surface area contributed by atoms with Gasteiger partial charge in [0.1, 0.15) is 0 Å². The minimum Gasteiger partial charge on any atom is -0.381 e. The fraction of sp³-hybridized carbons (Fsp3) is 0.476. The van der Waals surface area contributed by atoms with Crippen molar-refractivity contribution in [3.05, 3.63) is 46.7 Å². The van der Waals surface area contributed by atoms with Gasteiger partial charge in [-0.15, -0.1) is 0 Å². The van der Waals surface area contributed by atoms with Crippen molar-refractivity contribution >= 4 is 29.1 Å². The van der Waals surface area contributed by atoms with Gasteiger partial charge in [0.05, 0.1) is 11.3 Å². The molecule has 0 unspecified atom stereocenters. The third-order valence-corrected chi connectivity index (χ3v) is 5.12. The number of anilines is 2. The maximum atomic E-state index is 12.8. The number of carbonyl (C=O) groups is 1. The van der Waals surface area contributed by atoms with Gasteiger partial charge in [-0.25, -0.2) is 9.97 Å². The summed E-state index contributed by atoms with van der Waals surface area (Å²) in [5, 5.41) is 6.84. The van der Waals surface area contributed by atoms with Crippen LogP contribution in [-0.2, 0) is 11.2 Å². The lowest BCUT2D eigenvalue weighted by atomic mass is 10.0. The van der Waals surface area contributed by atoms with Gasteiger partial charge in [-0.2, -0.15) is 0 Å². The van der Waals surface area contributed by atoms with Gasteiger partial charge in [-0.1, -0.05) is 17.7 Å². The van der Waals surface area contributed by atoms with E-state index in [1.54, 1.807) is 12.3 Å². The predicted octanol–water partition coefficient (Wildman–Crippen LogP) is 3.13. The molecular formula is C21H28ClN5O2. The summed E-state index contributed by atoms with van der Waals surface area (Å²) < 4.78 is 5.38. The molecule has 0 atom stereocenters. The number of benzene rings is 1. The molecule has 1 amide bonds. The van der Waals surface area contributed by atoms with Crippen LogP contribution in [0.15, 0.2) is 30.5 Å². The minimum absolute atomic E-state index is 0.125. The smallest absolute Gasteiger partial charge is 0.254 e. The standard InChI is InChI=1S/C21H28ClN5O2/c1-27(2)9-6-19-18(20(28)23-13-15-7-10-29-11-8-15)14-24-21(26-19)25-17-5-3-4-16(22)12-17/h3-5,12,14-15H,6-11,13H2,1-2H3,(H,23,28)(H,24,25,26). The highest BCUT2D eigenvalue weighted by atomic mass is 35.5. The summed E-state index contributed by atoms with van der Waals surface area (Å²) in [6.07, 6.45) is 4.21. The molecule has 1 saturated heterocycles. The zero-order valence-corrected chi connectivity index (χ0v) is 17.7. The van der Waals surface area contributed by atoms with Gasteiger partial charge >= 0.3 is 0 Å². The van der Waals surface area contributed by atoms with Crippen molar-refractivity contribution in [1.29, 1.82) is 0 Å². The highest BCUT2D eigenvalue weighted by Gasteiger charge is 2.18. The summed E-state index contributed by atoms with van der Waals surface area (Å²) in [6, 6.07) is 7.36. The first kappa shape index (κ1) is 21.5. The van der Waals surface area contributed by atoms with E-state index >= 15 is 0 Å². The summed E-state index contributed by atoms with van der Waals surface area (Å²) >= 11 is 6.05. The Bertz CT molecular complexity index is 824. The number of amides is 1. The van der Waals surface area contributed by atoms with Crippen LogP contribution in [-0.4, -0.2) is 61.2 Å². The largest absolute Gasteiger partial charge is 0.381 e. The Morgan fingerprint density at radius 1 is 1.31 bits per heavy atom. The number of ether oxygens (including phenoxy) is 1. The van der Waals surface area contributed by atoms with Crippen LogP contribution < -0.4 is 10.6 Å². The van der Waals surface area contributed by atoms with Gasteiger partial charge in [0, 0.05) is 49.6 Å². The van der Waals surface area contributed by atoms with E-state index in [1.165, 1.54) is 0 Å². The fourth-order valence-electron chi connectivity index (χ4n) is 3.17. The number of rotatable bonds is 8. The monoisotopic (exact) mass is 417 g/mol. The van der Waals surface area contributed by atoms with Crippen LogP contribution in [0, 0.1) is 5.92 Å². The van der Waals surface area contributed by atoms with Crippen LogP contribution in [0.5, 0.6) is 0 Å². The highest BCUT2D eigenvalue weighted by molar-refractivity contribution is 6.30. The Balaban J connectivity index is 1.72. The van der Waals surface area contributed by atoms with Crippen molar-refractivity contribution in [3.8, 4) is 0 Å². The lowest BCUT2D eigenvalue weighted by molar-refractivity contribution is 0.0642. The third-order valence-electron chi connectivity index (χ3n) is 4.88. The Morgan fingerprint density at radius 3 is 2.83 bits per heavy atom. The molecule has 2 N–H and O–H groups in total. The molecule has 29 heavy (non-hydrogen) atoms. The quantitative estimate of drug-likeness (QED) is 0.687. The molecule has 1 fully saturated rings. The van der Waals surface area contributed by atoms with Crippen molar-refractivity contribution < 1.29 is 9.53 Å². The fourth-order valence-corrected chi connectivity index (χ4v) is 3.36. The van der Waals surface area contributed by atoms with Crippen LogP contribution in [0.2, 0.25) is 5.02 Å². The van der Waals surface area contributed by atoms with Crippen molar-refractivity contribution in [2.75, 3.05) is 45.7 Å². The molecule has 2 heterocycles. The second kappa shape index (κ2) is 10.5. The number of hydrogen-bond donors (Lipinski definition) is 2. The zero-order valence-electron chi connectivity index (χ0n) is 16.9. The maximum Gasteiger partial charge on any atom is 0.254 e. The second-order valence-corrected chi connectivity index (χ2v) is 7.94. The lowest BCUT2D eigenvalue weighted by Crippen LogP contribution is -2.33. The normalized spacial score (nSPS) is 14.8. The number of halogens is 1. The molecule has 1 aromatic carbocycles. The molecule has 8 heteroatoms. The van der Waals surface area contributed by atoms with E-state index < -0.39 is 0 Å². The minimum atomic E-state index is -0.125. The van der Waals surface area contributed by atoms with E-state index in [2.05, 4.69) is 25.5 Å². The van der Waals surface area contributed by atoms with Gasteiger partial charge in [-0.3, -0.25) is 4.79 Å². The third kappa shape index (κ3) is 6.66. The first-order valence-electron chi connectivity index (χ1n) is 9.90. The molecule has 3 rings (SSSR count). The molecule has 1 aliphatic heterocycles. The molecule has 7 nitrogen and oxygen atoms in total. The molecule has 0 aliphatic carbocycles. The molecule has 0 radical (unpaired) electrons. The number of nitrogens with one attached hydrogen (secondary N) is 2. The number of hydrogen-bond acceptors (Lipinski definition) is 6. The number of likely N-dealkylation sites (N-methyl/N-ethyl adjacent to an activating group) is 1. The summed E-state index contributed by atoms with van der Waals surface area (Å²) in [4.78, 5) is 23.8. The Kier molecular flexibility index (Phi) is 7.80. The van der Waals surface area contributed by atoms with Crippen molar-refractivity contribution in [3.63, 3.8) is 0 Å². The SMILES string of the molecule is CN(C)CCc1nc(Nc2cccc(Cl)c2)ncc1C(=O)NCC1CCOCC1. The number of nitrogens with zero attached hydrogens (tertiary/aromatic N) is 3. The van der Waals surface area contributed by atoms with Crippen LogP contribution in [0.25, 0.3) is 0 Å².